The lowest BCUT2D eigenvalue weighted by Crippen LogP contribution is -2.32. The Bertz CT molecular complexity index is 376. The minimum absolute atomic E-state index is 0.00379. The van der Waals surface area contributed by atoms with E-state index in [1.807, 2.05) is 4.90 Å². The average molecular weight is 261 g/mol. The van der Waals surface area contributed by atoms with E-state index in [9.17, 15) is 0 Å². The Balaban J connectivity index is 2.99. The third kappa shape index (κ3) is 3.69. The molecule has 7 heteroatoms. The molecule has 0 spiro atoms. The SMILES string of the molecule is COCCN(CCO)c1nc(Cl)nc(C)c1N. The maximum Gasteiger partial charge on any atom is 0.224 e. The Hall–Kier alpha value is -1.11. The van der Waals surface area contributed by atoms with Crippen molar-refractivity contribution in [2.45, 2.75) is 6.92 Å². The first-order valence-corrected chi connectivity index (χ1v) is 5.62. The van der Waals surface area contributed by atoms with Gasteiger partial charge in [-0.3, -0.25) is 0 Å². The van der Waals surface area contributed by atoms with Crippen LogP contribution in [-0.2, 0) is 4.74 Å². The predicted octanol–water partition coefficient (Wildman–Crippen LogP) is 0.466. The van der Waals surface area contributed by atoms with E-state index in [4.69, 9.17) is 27.2 Å². The van der Waals surface area contributed by atoms with Crippen molar-refractivity contribution in [3.05, 3.63) is 11.0 Å². The number of aliphatic hydroxyl groups is 1. The number of rotatable bonds is 6. The average Bonchev–Trinajstić information content (AvgIpc) is 2.29. The second-order valence-electron chi connectivity index (χ2n) is 3.52. The molecule has 0 amide bonds. The van der Waals surface area contributed by atoms with Gasteiger partial charge in [-0.05, 0) is 18.5 Å². The zero-order valence-electron chi connectivity index (χ0n) is 9.98. The molecular weight excluding hydrogens is 244 g/mol. The largest absolute Gasteiger partial charge is 0.395 e. The fraction of sp³-hybridized carbons (Fsp3) is 0.600. The van der Waals surface area contributed by atoms with Crippen LogP contribution in [0.15, 0.2) is 0 Å². The summed E-state index contributed by atoms with van der Waals surface area (Å²) in [6, 6.07) is 0. The van der Waals surface area contributed by atoms with E-state index >= 15 is 0 Å². The summed E-state index contributed by atoms with van der Waals surface area (Å²) < 4.78 is 5.00. The van der Waals surface area contributed by atoms with Crippen molar-refractivity contribution in [1.29, 1.82) is 0 Å². The first kappa shape index (κ1) is 14.0. The van der Waals surface area contributed by atoms with Gasteiger partial charge in [-0.15, -0.1) is 0 Å². The molecule has 1 aromatic rings. The number of aromatic nitrogens is 2. The summed E-state index contributed by atoms with van der Waals surface area (Å²) in [6.07, 6.45) is 0. The first-order valence-electron chi connectivity index (χ1n) is 5.24. The molecule has 1 aromatic heterocycles. The van der Waals surface area contributed by atoms with Crippen LogP contribution < -0.4 is 10.6 Å². The van der Waals surface area contributed by atoms with Crippen molar-refractivity contribution >= 4 is 23.1 Å². The first-order chi connectivity index (χ1) is 8.10. The van der Waals surface area contributed by atoms with Gasteiger partial charge in [0.25, 0.3) is 0 Å². The number of methoxy groups -OCH3 is 1. The fourth-order valence-corrected chi connectivity index (χ4v) is 1.63. The van der Waals surface area contributed by atoms with Crippen molar-refractivity contribution in [2.75, 3.05) is 44.0 Å². The number of anilines is 2. The van der Waals surface area contributed by atoms with Crippen LogP contribution in [0.2, 0.25) is 5.28 Å². The van der Waals surface area contributed by atoms with Crippen LogP contribution >= 0.6 is 11.6 Å². The Kier molecular flexibility index (Phi) is 5.40. The van der Waals surface area contributed by atoms with Gasteiger partial charge in [-0.25, -0.2) is 4.98 Å². The highest BCUT2D eigenvalue weighted by Crippen LogP contribution is 2.24. The Morgan fingerprint density at radius 2 is 2.12 bits per heavy atom. The molecular formula is C10H17ClN4O2. The molecule has 6 nitrogen and oxygen atoms in total. The van der Waals surface area contributed by atoms with E-state index in [1.165, 1.54) is 0 Å². The fourth-order valence-electron chi connectivity index (χ4n) is 1.42. The number of nitrogens with two attached hydrogens (primary N) is 1. The zero-order chi connectivity index (χ0) is 12.8. The molecule has 0 saturated heterocycles. The summed E-state index contributed by atoms with van der Waals surface area (Å²) in [5.41, 5.74) is 7.00. The summed E-state index contributed by atoms with van der Waals surface area (Å²) in [4.78, 5) is 9.88. The predicted molar refractivity (Wildman–Crippen MR) is 67.4 cm³/mol. The standard InChI is InChI=1S/C10H17ClN4O2/c1-7-8(12)9(14-10(11)13-7)15(3-5-16)4-6-17-2/h16H,3-6,12H2,1-2H3. The summed E-state index contributed by atoms with van der Waals surface area (Å²) in [5.74, 6) is 0.536. The molecule has 0 atom stereocenters. The van der Waals surface area contributed by atoms with Gasteiger partial charge < -0.3 is 20.5 Å². The van der Waals surface area contributed by atoms with Crippen molar-refractivity contribution in [1.82, 2.24) is 9.97 Å². The van der Waals surface area contributed by atoms with Gasteiger partial charge in [-0.2, -0.15) is 4.98 Å². The normalized spacial score (nSPS) is 10.6. The van der Waals surface area contributed by atoms with Crippen LogP contribution in [0.1, 0.15) is 5.69 Å². The second kappa shape index (κ2) is 6.58. The van der Waals surface area contributed by atoms with Crippen LogP contribution in [0, 0.1) is 6.92 Å². The van der Waals surface area contributed by atoms with Gasteiger partial charge in [-0.1, -0.05) is 0 Å². The van der Waals surface area contributed by atoms with Gasteiger partial charge >= 0.3 is 0 Å². The van der Waals surface area contributed by atoms with Crippen LogP contribution in [0.25, 0.3) is 0 Å². The number of nitrogen functional groups attached to an aromatic ring is 1. The number of ether oxygens (including phenoxy) is 1. The van der Waals surface area contributed by atoms with Gasteiger partial charge in [0.05, 0.1) is 24.6 Å². The van der Waals surface area contributed by atoms with E-state index in [1.54, 1.807) is 14.0 Å². The highest BCUT2D eigenvalue weighted by molar-refractivity contribution is 6.28. The van der Waals surface area contributed by atoms with Crippen LogP contribution in [0.3, 0.4) is 0 Å². The van der Waals surface area contributed by atoms with Crippen molar-refractivity contribution in [3.63, 3.8) is 0 Å². The topological polar surface area (TPSA) is 84.5 Å². The number of nitrogens with zero attached hydrogens (tertiary/aromatic N) is 3. The molecule has 0 saturated carbocycles. The lowest BCUT2D eigenvalue weighted by Gasteiger charge is -2.24. The van der Waals surface area contributed by atoms with Crippen LogP contribution in [-0.4, -0.2) is 48.5 Å². The number of halogens is 1. The monoisotopic (exact) mass is 260 g/mol. The Morgan fingerprint density at radius 3 is 2.71 bits per heavy atom. The molecule has 0 unspecified atom stereocenters. The number of hydrogen-bond acceptors (Lipinski definition) is 6. The van der Waals surface area contributed by atoms with Gasteiger partial charge in [0.2, 0.25) is 5.28 Å². The molecule has 1 rings (SSSR count). The van der Waals surface area contributed by atoms with E-state index in [2.05, 4.69) is 9.97 Å². The molecule has 0 radical (unpaired) electrons. The van der Waals surface area contributed by atoms with Gasteiger partial charge in [0, 0.05) is 20.2 Å². The minimum Gasteiger partial charge on any atom is -0.395 e. The number of aryl methyl sites for hydroxylation is 1. The van der Waals surface area contributed by atoms with Crippen molar-refractivity contribution < 1.29 is 9.84 Å². The molecule has 96 valence electrons. The molecule has 0 fully saturated rings. The van der Waals surface area contributed by atoms with E-state index in [0.29, 0.717) is 36.9 Å². The third-order valence-corrected chi connectivity index (χ3v) is 2.49. The second-order valence-corrected chi connectivity index (χ2v) is 3.86. The smallest absolute Gasteiger partial charge is 0.224 e. The van der Waals surface area contributed by atoms with E-state index < -0.39 is 0 Å². The molecule has 0 aliphatic rings. The molecule has 1 heterocycles. The summed E-state index contributed by atoms with van der Waals surface area (Å²) in [5, 5.41) is 9.17. The van der Waals surface area contributed by atoms with Gasteiger partial charge in [0.15, 0.2) is 5.82 Å². The quantitative estimate of drug-likeness (QED) is 0.723. The van der Waals surface area contributed by atoms with Crippen molar-refractivity contribution in [2.24, 2.45) is 0 Å². The van der Waals surface area contributed by atoms with Crippen LogP contribution in [0.5, 0.6) is 0 Å². The molecule has 0 aliphatic carbocycles. The lowest BCUT2D eigenvalue weighted by molar-refractivity contribution is 0.202. The maximum atomic E-state index is 9.03. The molecule has 17 heavy (non-hydrogen) atoms. The number of hydrogen-bond donors (Lipinski definition) is 2. The highest BCUT2D eigenvalue weighted by atomic mass is 35.5. The minimum atomic E-state index is 0.00379. The Morgan fingerprint density at radius 1 is 1.41 bits per heavy atom. The Labute approximate surface area is 105 Å². The van der Waals surface area contributed by atoms with E-state index in [0.717, 1.165) is 0 Å². The highest BCUT2D eigenvalue weighted by Gasteiger charge is 2.14. The maximum absolute atomic E-state index is 9.03. The summed E-state index contributed by atoms with van der Waals surface area (Å²) >= 11 is 5.80. The third-order valence-electron chi connectivity index (χ3n) is 2.32. The molecule has 3 N–H and O–H groups in total. The summed E-state index contributed by atoms with van der Waals surface area (Å²) in [6.45, 7) is 3.28. The van der Waals surface area contributed by atoms with E-state index in [-0.39, 0.29) is 11.9 Å². The van der Waals surface area contributed by atoms with Crippen LogP contribution in [0.4, 0.5) is 11.5 Å². The number of aliphatic hydroxyl groups excluding tert-OH is 1. The lowest BCUT2D eigenvalue weighted by atomic mass is 10.3. The summed E-state index contributed by atoms with van der Waals surface area (Å²) in [7, 11) is 1.61. The van der Waals surface area contributed by atoms with Crippen molar-refractivity contribution in [3.8, 4) is 0 Å². The van der Waals surface area contributed by atoms with Gasteiger partial charge in [0.1, 0.15) is 0 Å². The molecule has 0 bridgehead atoms. The zero-order valence-corrected chi connectivity index (χ0v) is 10.7. The molecule has 0 aliphatic heterocycles. The molecule has 0 aromatic carbocycles.